The van der Waals surface area contributed by atoms with E-state index in [-0.39, 0.29) is 5.75 Å². The quantitative estimate of drug-likeness (QED) is 0.630. The maximum atomic E-state index is 11.8. The van der Waals surface area contributed by atoms with Gasteiger partial charge in [0, 0.05) is 12.6 Å². The Kier molecular flexibility index (Phi) is 7.14. The van der Waals surface area contributed by atoms with Crippen molar-refractivity contribution in [2.75, 3.05) is 39.5 Å². The highest BCUT2D eigenvalue weighted by Gasteiger charge is 2.16. The van der Waals surface area contributed by atoms with Crippen LogP contribution in [0.3, 0.4) is 0 Å². The fourth-order valence-corrected chi connectivity index (χ4v) is 3.36. The van der Waals surface area contributed by atoms with Crippen LogP contribution < -0.4 is 10.0 Å². The zero-order valence-corrected chi connectivity index (χ0v) is 12.4. The lowest BCUT2D eigenvalue weighted by atomic mass is 10.0. The lowest BCUT2D eigenvalue weighted by Crippen LogP contribution is -2.37. The third kappa shape index (κ3) is 7.31. The number of hydrogen-bond donors (Lipinski definition) is 2. The van der Waals surface area contributed by atoms with Crippen molar-refractivity contribution in [3.05, 3.63) is 0 Å². The van der Waals surface area contributed by atoms with Crippen LogP contribution in [0.1, 0.15) is 32.1 Å². The third-order valence-electron chi connectivity index (χ3n) is 3.25. The molecular weight excluding hydrogens is 250 g/mol. The van der Waals surface area contributed by atoms with Gasteiger partial charge in [-0.15, -0.1) is 0 Å². The Morgan fingerprint density at radius 3 is 2.72 bits per heavy atom. The highest BCUT2D eigenvalue weighted by Crippen LogP contribution is 2.10. The van der Waals surface area contributed by atoms with Gasteiger partial charge < -0.3 is 10.2 Å². The Morgan fingerprint density at radius 1 is 1.33 bits per heavy atom. The van der Waals surface area contributed by atoms with E-state index in [2.05, 4.69) is 14.9 Å². The lowest BCUT2D eigenvalue weighted by molar-refractivity contribution is 0.391. The summed E-state index contributed by atoms with van der Waals surface area (Å²) in [6, 6.07) is 0.386. The molecule has 1 fully saturated rings. The molecule has 0 radical (unpaired) electrons. The summed E-state index contributed by atoms with van der Waals surface area (Å²) in [5.74, 6) is 0.243. The van der Waals surface area contributed by atoms with Crippen molar-refractivity contribution in [2.45, 2.75) is 38.1 Å². The standard InChI is InChI=1S/C12H27N3O2S/c1-15(2)10-5-9-14-18(16,17)11-7-12-6-3-4-8-13-12/h12-14H,3-11H2,1-2H3. The molecule has 6 heteroatoms. The largest absolute Gasteiger partial charge is 0.314 e. The van der Waals surface area contributed by atoms with Gasteiger partial charge in [-0.25, -0.2) is 13.1 Å². The minimum atomic E-state index is -3.09. The molecule has 1 unspecified atom stereocenters. The van der Waals surface area contributed by atoms with E-state index in [9.17, 15) is 8.42 Å². The molecule has 2 N–H and O–H groups in total. The first kappa shape index (κ1) is 15.9. The SMILES string of the molecule is CN(C)CCCNS(=O)(=O)CCC1CCCCN1. The molecular formula is C12H27N3O2S. The summed E-state index contributed by atoms with van der Waals surface area (Å²) >= 11 is 0. The smallest absolute Gasteiger partial charge is 0.211 e. The molecule has 108 valence electrons. The van der Waals surface area contributed by atoms with Crippen LogP contribution in [0, 0.1) is 0 Å². The van der Waals surface area contributed by atoms with E-state index >= 15 is 0 Å². The number of piperidine rings is 1. The average molecular weight is 277 g/mol. The molecule has 5 nitrogen and oxygen atoms in total. The van der Waals surface area contributed by atoms with Crippen LogP contribution in [0.25, 0.3) is 0 Å². The minimum absolute atomic E-state index is 0.243. The second kappa shape index (κ2) is 8.09. The predicted octanol–water partition coefficient (Wildman–Crippen LogP) is 0.390. The van der Waals surface area contributed by atoms with Gasteiger partial charge in [-0.1, -0.05) is 6.42 Å². The van der Waals surface area contributed by atoms with Crippen molar-refractivity contribution in [3.8, 4) is 0 Å². The first-order chi connectivity index (χ1) is 8.49. The molecule has 1 atom stereocenters. The van der Waals surface area contributed by atoms with E-state index in [1.165, 1.54) is 12.8 Å². The van der Waals surface area contributed by atoms with Crippen molar-refractivity contribution in [3.63, 3.8) is 0 Å². The number of nitrogens with zero attached hydrogens (tertiary/aromatic N) is 1. The normalized spacial score (nSPS) is 21.4. The molecule has 1 aliphatic heterocycles. The molecule has 1 saturated heterocycles. The number of nitrogens with one attached hydrogen (secondary N) is 2. The summed E-state index contributed by atoms with van der Waals surface area (Å²) in [4.78, 5) is 2.06. The van der Waals surface area contributed by atoms with E-state index < -0.39 is 10.0 Å². The molecule has 0 aliphatic carbocycles. The highest BCUT2D eigenvalue weighted by atomic mass is 32.2. The molecule has 0 saturated carbocycles. The highest BCUT2D eigenvalue weighted by molar-refractivity contribution is 7.89. The summed E-state index contributed by atoms with van der Waals surface area (Å²) in [6.45, 7) is 2.48. The van der Waals surface area contributed by atoms with Crippen LogP contribution in [-0.4, -0.2) is 58.8 Å². The van der Waals surface area contributed by atoms with Gasteiger partial charge in [-0.3, -0.25) is 0 Å². The van der Waals surface area contributed by atoms with Gasteiger partial charge in [0.05, 0.1) is 5.75 Å². The van der Waals surface area contributed by atoms with E-state index in [0.717, 1.165) is 32.4 Å². The predicted molar refractivity (Wildman–Crippen MR) is 75.2 cm³/mol. The van der Waals surface area contributed by atoms with Crippen molar-refractivity contribution in [2.24, 2.45) is 0 Å². The summed E-state index contributed by atoms with van der Waals surface area (Å²) in [5.41, 5.74) is 0. The van der Waals surface area contributed by atoms with Crippen molar-refractivity contribution < 1.29 is 8.42 Å². The van der Waals surface area contributed by atoms with Crippen molar-refractivity contribution in [1.82, 2.24) is 14.9 Å². The molecule has 18 heavy (non-hydrogen) atoms. The van der Waals surface area contributed by atoms with Crippen LogP contribution in [0.15, 0.2) is 0 Å². The van der Waals surface area contributed by atoms with Gasteiger partial charge in [0.15, 0.2) is 0 Å². The first-order valence-corrected chi connectivity index (χ1v) is 8.50. The first-order valence-electron chi connectivity index (χ1n) is 6.85. The van der Waals surface area contributed by atoms with Crippen LogP contribution in [-0.2, 0) is 10.0 Å². The molecule has 1 aliphatic rings. The second-order valence-corrected chi connectivity index (χ2v) is 7.23. The topological polar surface area (TPSA) is 61.4 Å². The third-order valence-corrected chi connectivity index (χ3v) is 4.67. The Balaban J connectivity index is 2.14. The van der Waals surface area contributed by atoms with Crippen LogP contribution in [0.5, 0.6) is 0 Å². The number of sulfonamides is 1. The summed E-state index contributed by atoms with van der Waals surface area (Å²) < 4.78 is 26.2. The van der Waals surface area contributed by atoms with Crippen molar-refractivity contribution >= 4 is 10.0 Å². The Hall–Kier alpha value is -0.170. The fraction of sp³-hybridized carbons (Fsp3) is 1.00. The summed E-state index contributed by atoms with van der Waals surface area (Å²) in [6.07, 6.45) is 5.12. The van der Waals surface area contributed by atoms with Gasteiger partial charge in [0.1, 0.15) is 0 Å². The number of hydrogen-bond acceptors (Lipinski definition) is 4. The monoisotopic (exact) mass is 277 g/mol. The van der Waals surface area contributed by atoms with E-state index in [0.29, 0.717) is 12.6 Å². The van der Waals surface area contributed by atoms with Gasteiger partial charge in [0.2, 0.25) is 10.0 Å². The average Bonchev–Trinajstić information content (AvgIpc) is 2.34. The Morgan fingerprint density at radius 2 is 2.11 bits per heavy atom. The Labute approximate surface area is 111 Å². The maximum absolute atomic E-state index is 11.8. The molecule has 0 bridgehead atoms. The minimum Gasteiger partial charge on any atom is -0.314 e. The molecule has 0 aromatic carbocycles. The van der Waals surface area contributed by atoms with Crippen LogP contribution in [0.2, 0.25) is 0 Å². The molecule has 1 rings (SSSR count). The van der Waals surface area contributed by atoms with Gasteiger partial charge in [-0.05, 0) is 52.9 Å². The van der Waals surface area contributed by atoms with E-state index in [4.69, 9.17) is 0 Å². The van der Waals surface area contributed by atoms with E-state index in [1.807, 2.05) is 14.1 Å². The zero-order valence-electron chi connectivity index (χ0n) is 11.6. The van der Waals surface area contributed by atoms with Gasteiger partial charge in [-0.2, -0.15) is 0 Å². The van der Waals surface area contributed by atoms with E-state index in [1.54, 1.807) is 0 Å². The Bertz CT molecular complexity index is 311. The van der Waals surface area contributed by atoms with Crippen LogP contribution in [0.4, 0.5) is 0 Å². The second-order valence-electron chi connectivity index (χ2n) is 5.31. The molecule has 1 heterocycles. The molecule has 0 spiro atoms. The summed E-state index contributed by atoms with van der Waals surface area (Å²) in [7, 11) is 0.891. The number of rotatable bonds is 8. The maximum Gasteiger partial charge on any atom is 0.211 e. The van der Waals surface area contributed by atoms with Gasteiger partial charge in [0.25, 0.3) is 0 Å². The molecule has 0 aromatic rings. The molecule has 0 amide bonds. The van der Waals surface area contributed by atoms with Crippen LogP contribution >= 0.6 is 0 Å². The lowest BCUT2D eigenvalue weighted by Gasteiger charge is -2.23. The molecule has 0 aromatic heterocycles. The fourth-order valence-electron chi connectivity index (χ4n) is 2.16. The van der Waals surface area contributed by atoms with Gasteiger partial charge >= 0.3 is 0 Å². The zero-order chi connectivity index (χ0) is 13.4. The summed E-state index contributed by atoms with van der Waals surface area (Å²) in [5, 5.41) is 3.37. The van der Waals surface area contributed by atoms with Crippen molar-refractivity contribution in [1.29, 1.82) is 0 Å².